The van der Waals surface area contributed by atoms with Gasteiger partial charge in [-0.25, -0.2) is 0 Å². The standard InChI is InChI=1S/C16H20O3Si/c1-17-20(18-2,14-16-11-7-4-8-12-16)19-13-15-9-5-3-6-10-15/h3-12H,13-14H2,1-2H3. The lowest BCUT2D eigenvalue weighted by Gasteiger charge is -2.26. The summed E-state index contributed by atoms with van der Waals surface area (Å²) in [6.07, 6.45) is 0. The van der Waals surface area contributed by atoms with E-state index in [9.17, 15) is 0 Å². The van der Waals surface area contributed by atoms with Crippen molar-refractivity contribution in [2.75, 3.05) is 14.2 Å². The van der Waals surface area contributed by atoms with E-state index >= 15 is 0 Å². The monoisotopic (exact) mass is 288 g/mol. The summed E-state index contributed by atoms with van der Waals surface area (Å²) in [5.74, 6) is 0. The van der Waals surface area contributed by atoms with Gasteiger partial charge in [-0.2, -0.15) is 0 Å². The Labute approximate surface area is 121 Å². The lowest BCUT2D eigenvalue weighted by atomic mass is 10.2. The van der Waals surface area contributed by atoms with E-state index in [0.717, 1.165) is 11.1 Å². The Morgan fingerprint density at radius 2 is 1.25 bits per heavy atom. The normalized spacial score (nSPS) is 11.5. The molecule has 0 saturated carbocycles. The van der Waals surface area contributed by atoms with Gasteiger partial charge in [-0.3, -0.25) is 0 Å². The number of hydrogen-bond donors (Lipinski definition) is 0. The van der Waals surface area contributed by atoms with Gasteiger partial charge in [0.25, 0.3) is 0 Å². The van der Waals surface area contributed by atoms with Crippen LogP contribution in [0.1, 0.15) is 11.1 Å². The summed E-state index contributed by atoms with van der Waals surface area (Å²) in [5, 5.41) is 0. The number of hydrogen-bond acceptors (Lipinski definition) is 3. The fraction of sp³-hybridized carbons (Fsp3) is 0.250. The molecule has 0 saturated heterocycles. The Kier molecular flexibility index (Phi) is 5.49. The van der Waals surface area contributed by atoms with E-state index in [4.69, 9.17) is 13.3 Å². The minimum atomic E-state index is -2.67. The van der Waals surface area contributed by atoms with E-state index in [1.807, 2.05) is 48.5 Å². The van der Waals surface area contributed by atoms with Crippen LogP contribution in [0, 0.1) is 0 Å². The molecule has 20 heavy (non-hydrogen) atoms. The molecule has 0 amide bonds. The van der Waals surface area contributed by atoms with E-state index in [-0.39, 0.29) is 0 Å². The van der Waals surface area contributed by atoms with E-state index in [1.165, 1.54) is 0 Å². The molecule has 0 aliphatic rings. The van der Waals surface area contributed by atoms with Crippen molar-refractivity contribution in [2.45, 2.75) is 12.7 Å². The smallest absolute Gasteiger partial charge is 0.377 e. The van der Waals surface area contributed by atoms with Crippen LogP contribution < -0.4 is 0 Å². The Morgan fingerprint density at radius 1 is 0.750 bits per heavy atom. The van der Waals surface area contributed by atoms with Crippen molar-refractivity contribution in [1.82, 2.24) is 0 Å². The van der Waals surface area contributed by atoms with Gasteiger partial charge in [0.2, 0.25) is 0 Å². The SMILES string of the molecule is CO[Si](Cc1ccccc1)(OC)OCc1ccccc1. The highest BCUT2D eigenvalue weighted by atomic mass is 28.4. The molecular formula is C16H20O3Si. The molecule has 0 aromatic heterocycles. The Balaban J connectivity index is 2.05. The highest BCUT2D eigenvalue weighted by Crippen LogP contribution is 2.17. The van der Waals surface area contributed by atoms with Crippen LogP contribution in [-0.4, -0.2) is 23.0 Å². The van der Waals surface area contributed by atoms with Crippen molar-refractivity contribution >= 4 is 8.80 Å². The molecule has 0 aliphatic carbocycles. The molecular weight excluding hydrogens is 268 g/mol. The summed E-state index contributed by atoms with van der Waals surface area (Å²) < 4.78 is 17.2. The average molecular weight is 288 g/mol. The Morgan fingerprint density at radius 3 is 1.75 bits per heavy atom. The van der Waals surface area contributed by atoms with Gasteiger partial charge < -0.3 is 13.3 Å². The van der Waals surface area contributed by atoms with Crippen LogP contribution in [0.15, 0.2) is 60.7 Å². The number of rotatable bonds is 7. The van der Waals surface area contributed by atoms with Gasteiger partial charge in [0.1, 0.15) is 0 Å². The first-order valence-electron chi connectivity index (χ1n) is 6.60. The van der Waals surface area contributed by atoms with Gasteiger partial charge in [-0.05, 0) is 11.1 Å². The van der Waals surface area contributed by atoms with Crippen LogP contribution >= 0.6 is 0 Å². The molecule has 0 heterocycles. The third kappa shape index (κ3) is 4.01. The van der Waals surface area contributed by atoms with E-state index < -0.39 is 8.80 Å². The lowest BCUT2D eigenvalue weighted by Crippen LogP contribution is -2.46. The maximum absolute atomic E-state index is 6.01. The second-order valence-corrected chi connectivity index (χ2v) is 7.35. The summed E-state index contributed by atoms with van der Waals surface area (Å²) in [4.78, 5) is 0. The molecule has 0 bridgehead atoms. The van der Waals surface area contributed by atoms with Crippen molar-refractivity contribution in [1.29, 1.82) is 0 Å². The summed E-state index contributed by atoms with van der Waals surface area (Å²) in [6, 6.07) is 20.9. The van der Waals surface area contributed by atoms with Crippen LogP contribution in [0.2, 0.25) is 0 Å². The summed E-state index contributed by atoms with van der Waals surface area (Å²) in [5.41, 5.74) is 2.28. The molecule has 2 aromatic rings. The van der Waals surface area contributed by atoms with Crippen molar-refractivity contribution in [3.63, 3.8) is 0 Å². The number of benzene rings is 2. The van der Waals surface area contributed by atoms with Crippen LogP contribution in [-0.2, 0) is 25.9 Å². The lowest BCUT2D eigenvalue weighted by molar-refractivity contribution is 0.0904. The summed E-state index contributed by atoms with van der Waals surface area (Å²) in [6.45, 7) is 0.502. The first-order chi connectivity index (χ1) is 9.78. The third-order valence-corrected chi connectivity index (χ3v) is 5.86. The molecule has 0 unspecified atom stereocenters. The molecule has 0 fully saturated rings. The van der Waals surface area contributed by atoms with Crippen molar-refractivity contribution in [2.24, 2.45) is 0 Å². The van der Waals surface area contributed by atoms with E-state index in [0.29, 0.717) is 12.7 Å². The summed E-state index contributed by atoms with van der Waals surface area (Å²) >= 11 is 0. The Bertz CT molecular complexity index is 498. The van der Waals surface area contributed by atoms with E-state index in [1.54, 1.807) is 14.2 Å². The molecule has 2 aromatic carbocycles. The van der Waals surface area contributed by atoms with Crippen LogP contribution in [0.25, 0.3) is 0 Å². The van der Waals surface area contributed by atoms with Crippen molar-refractivity contribution in [3.8, 4) is 0 Å². The van der Waals surface area contributed by atoms with Crippen LogP contribution in [0.3, 0.4) is 0 Å². The molecule has 106 valence electrons. The molecule has 0 N–H and O–H groups in total. The molecule has 2 rings (SSSR count). The van der Waals surface area contributed by atoms with Gasteiger partial charge in [0.05, 0.1) is 6.61 Å². The van der Waals surface area contributed by atoms with Crippen LogP contribution in [0.5, 0.6) is 0 Å². The molecule has 4 heteroatoms. The van der Waals surface area contributed by atoms with Gasteiger partial charge in [0.15, 0.2) is 0 Å². The maximum atomic E-state index is 6.01. The van der Waals surface area contributed by atoms with Crippen molar-refractivity contribution in [3.05, 3.63) is 71.8 Å². The second kappa shape index (κ2) is 7.35. The minimum absolute atomic E-state index is 0.502. The zero-order chi connectivity index (χ0) is 14.3. The van der Waals surface area contributed by atoms with Gasteiger partial charge in [-0.15, -0.1) is 0 Å². The summed E-state index contributed by atoms with van der Waals surface area (Å²) in [7, 11) is 0.646. The highest BCUT2D eigenvalue weighted by Gasteiger charge is 2.39. The third-order valence-electron chi connectivity index (χ3n) is 3.19. The first kappa shape index (κ1) is 14.9. The van der Waals surface area contributed by atoms with Gasteiger partial charge >= 0.3 is 8.80 Å². The second-order valence-electron chi connectivity index (χ2n) is 4.53. The zero-order valence-corrected chi connectivity index (χ0v) is 12.9. The predicted molar refractivity (Wildman–Crippen MR) is 81.1 cm³/mol. The maximum Gasteiger partial charge on any atom is 0.505 e. The topological polar surface area (TPSA) is 27.7 Å². The zero-order valence-electron chi connectivity index (χ0n) is 11.9. The van der Waals surface area contributed by atoms with Gasteiger partial charge in [-0.1, -0.05) is 60.7 Å². The average Bonchev–Trinajstić information content (AvgIpc) is 2.53. The molecule has 0 radical (unpaired) electrons. The fourth-order valence-electron chi connectivity index (χ4n) is 2.01. The predicted octanol–water partition coefficient (Wildman–Crippen LogP) is 3.22. The molecule has 0 spiro atoms. The largest absolute Gasteiger partial charge is 0.505 e. The first-order valence-corrected chi connectivity index (χ1v) is 8.53. The van der Waals surface area contributed by atoms with Crippen molar-refractivity contribution < 1.29 is 13.3 Å². The van der Waals surface area contributed by atoms with Crippen LogP contribution in [0.4, 0.5) is 0 Å². The molecule has 0 atom stereocenters. The minimum Gasteiger partial charge on any atom is -0.377 e. The van der Waals surface area contributed by atoms with Gasteiger partial charge in [0, 0.05) is 20.3 Å². The molecule has 3 nitrogen and oxygen atoms in total. The molecule has 0 aliphatic heterocycles. The Hall–Kier alpha value is -1.46. The highest BCUT2D eigenvalue weighted by molar-refractivity contribution is 6.60. The quantitative estimate of drug-likeness (QED) is 0.732. The van der Waals surface area contributed by atoms with E-state index in [2.05, 4.69) is 12.1 Å². The fourth-order valence-corrected chi connectivity index (χ4v) is 3.93.